The molecular formula is C12H16O2S. The van der Waals surface area contributed by atoms with E-state index in [1.807, 2.05) is 27.7 Å². The summed E-state index contributed by atoms with van der Waals surface area (Å²) < 4.78 is 5.49. The molecule has 0 saturated heterocycles. The third-order valence-corrected chi connectivity index (χ3v) is 4.05. The van der Waals surface area contributed by atoms with Crippen molar-refractivity contribution in [3.63, 3.8) is 0 Å². The van der Waals surface area contributed by atoms with Gasteiger partial charge in [-0.15, -0.1) is 12.6 Å². The predicted molar refractivity (Wildman–Crippen MR) is 63.0 cm³/mol. The first-order valence-electron chi connectivity index (χ1n) is 5.12. The number of aliphatic hydroxyl groups is 1. The lowest BCUT2D eigenvalue weighted by molar-refractivity contribution is -0.0145. The topological polar surface area (TPSA) is 29.5 Å². The molecule has 2 nitrogen and oxygen atoms in total. The van der Waals surface area contributed by atoms with E-state index in [0.29, 0.717) is 0 Å². The number of aliphatic hydroxyl groups excluding tert-OH is 1. The number of thiol groups is 1. The first kappa shape index (κ1) is 10.8. The number of fused-ring (bicyclic) bond motifs is 1. The Balaban J connectivity index is 2.75. The molecular weight excluding hydrogens is 208 g/mol. The fourth-order valence-corrected chi connectivity index (χ4v) is 2.48. The van der Waals surface area contributed by atoms with Gasteiger partial charge in [-0.1, -0.05) is 6.92 Å². The van der Waals surface area contributed by atoms with Crippen LogP contribution in [0.5, 0.6) is 5.75 Å². The third-order valence-electron chi connectivity index (χ3n) is 3.38. The Morgan fingerprint density at radius 3 is 2.33 bits per heavy atom. The smallest absolute Gasteiger partial charge is 0.204 e. The largest absolute Gasteiger partial charge is 0.464 e. The molecule has 0 amide bonds. The van der Waals surface area contributed by atoms with Crippen molar-refractivity contribution in [1.82, 2.24) is 0 Å². The highest BCUT2D eigenvalue weighted by atomic mass is 32.1. The number of ether oxygens (including phenoxy) is 1. The van der Waals surface area contributed by atoms with Crippen molar-refractivity contribution >= 4 is 12.6 Å². The molecule has 0 aliphatic carbocycles. The quantitative estimate of drug-likeness (QED) is 0.664. The maximum absolute atomic E-state index is 9.70. The van der Waals surface area contributed by atoms with Gasteiger partial charge in [0.15, 0.2) is 0 Å². The van der Waals surface area contributed by atoms with Gasteiger partial charge in [-0.2, -0.15) is 0 Å². The Kier molecular flexibility index (Phi) is 2.47. The summed E-state index contributed by atoms with van der Waals surface area (Å²) in [5.74, 6) is 0.882. The van der Waals surface area contributed by atoms with Crippen molar-refractivity contribution < 1.29 is 9.84 Å². The Morgan fingerprint density at radius 2 is 1.73 bits per heavy atom. The lowest BCUT2D eigenvalue weighted by atomic mass is 9.92. The lowest BCUT2D eigenvalue weighted by Crippen LogP contribution is -2.14. The summed E-state index contributed by atoms with van der Waals surface area (Å²) >= 11 is 4.51. The average Bonchev–Trinajstić information content (AvgIpc) is 2.50. The summed E-state index contributed by atoms with van der Waals surface area (Å²) in [4.78, 5) is 1.01. The Bertz CT molecular complexity index is 426. The molecule has 1 aromatic carbocycles. The maximum atomic E-state index is 9.70. The molecule has 0 radical (unpaired) electrons. The van der Waals surface area contributed by atoms with Crippen molar-refractivity contribution in [3.05, 3.63) is 22.3 Å². The van der Waals surface area contributed by atoms with Crippen LogP contribution in [0.2, 0.25) is 0 Å². The van der Waals surface area contributed by atoms with Crippen molar-refractivity contribution in [2.75, 3.05) is 0 Å². The molecule has 1 heterocycles. The fourth-order valence-electron chi connectivity index (χ4n) is 2.19. The summed E-state index contributed by atoms with van der Waals surface area (Å²) in [6.45, 7) is 8.05. The van der Waals surface area contributed by atoms with Gasteiger partial charge in [0, 0.05) is 16.4 Å². The van der Waals surface area contributed by atoms with Crippen LogP contribution < -0.4 is 4.74 Å². The molecule has 1 aliphatic rings. The van der Waals surface area contributed by atoms with E-state index in [4.69, 9.17) is 4.74 Å². The minimum absolute atomic E-state index is 0.0326. The van der Waals surface area contributed by atoms with Gasteiger partial charge >= 0.3 is 0 Å². The van der Waals surface area contributed by atoms with E-state index in [-0.39, 0.29) is 5.92 Å². The van der Waals surface area contributed by atoms with Gasteiger partial charge in [-0.05, 0) is 37.5 Å². The van der Waals surface area contributed by atoms with E-state index in [2.05, 4.69) is 12.6 Å². The highest BCUT2D eigenvalue weighted by Crippen LogP contribution is 2.45. The van der Waals surface area contributed by atoms with Crippen LogP contribution in [0.3, 0.4) is 0 Å². The zero-order chi connectivity index (χ0) is 11.3. The van der Waals surface area contributed by atoms with Gasteiger partial charge in [0.1, 0.15) is 5.75 Å². The zero-order valence-corrected chi connectivity index (χ0v) is 10.4. The van der Waals surface area contributed by atoms with Gasteiger partial charge in [-0.25, -0.2) is 0 Å². The van der Waals surface area contributed by atoms with Crippen LogP contribution >= 0.6 is 12.6 Å². The van der Waals surface area contributed by atoms with Crippen LogP contribution in [0.15, 0.2) is 4.90 Å². The van der Waals surface area contributed by atoms with Crippen molar-refractivity contribution in [1.29, 1.82) is 0 Å². The van der Waals surface area contributed by atoms with E-state index >= 15 is 0 Å². The second-order valence-corrected chi connectivity index (χ2v) is 4.71. The van der Waals surface area contributed by atoms with Gasteiger partial charge in [0.25, 0.3) is 0 Å². The van der Waals surface area contributed by atoms with E-state index in [1.54, 1.807) is 0 Å². The van der Waals surface area contributed by atoms with E-state index < -0.39 is 6.29 Å². The fraction of sp³-hybridized carbons (Fsp3) is 0.500. The van der Waals surface area contributed by atoms with Gasteiger partial charge in [-0.3, -0.25) is 0 Å². The summed E-state index contributed by atoms with van der Waals surface area (Å²) in [6, 6.07) is 0. The number of hydrogen-bond acceptors (Lipinski definition) is 3. The minimum atomic E-state index is -0.716. The van der Waals surface area contributed by atoms with E-state index in [9.17, 15) is 5.11 Å². The molecule has 1 N–H and O–H groups in total. The normalized spacial score (nSPS) is 23.9. The second-order valence-electron chi connectivity index (χ2n) is 4.26. The second kappa shape index (κ2) is 3.42. The van der Waals surface area contributed by atoms with E-state index in [1.165, 1.54) is 0 Å². The Morgan fingerprint density at radius 1 is 1.13 bits per heavy atom. The molecule has 3 heteroatoms. The van der Waals surface area contributed by atoms with Crippen LogP contribution in [0.4, 0.5) is 0 Å². The number of hydrogen-bond donors (Lipinski definition) is 2. The molecule has 15 heavy (non-hydrogen) atoms. The molecule has 1 aromatic rings. The first-order chi connectivity index (χ1) is 6.95. The van der Waals surface area contributed by atoms with Gasteiger partial charge < -0.3 is 9.84 Å². The molecule has 2 unspecified atom stereocenters. The van der Waals surface area contributed by atoms with Gasteiger partial charge in [0.2, 0.25) is 6.29 Å². The van der Waals surface area contributed by atoms with Crippen LogP contribution in [-0.4, -0.2) is 11.4 Å². The van der Waals surface area contributed by atoms with Crippen LogP contribution in [0.25, 0.3) is 0 Å². The molecule has 2 rings (SSSR count). The molecule has 0 spiro atoms. The van der Waals surface area contributed by atoms with Crippen LogP contribution in [0.1, 0.15) is 35.1 Å². The number of rotatable bonds is 0. The van der Waals surface area contributed by atoms with Crippen molar-refractivity contribution in [2.24, 2.45) is 0 Å². The summed E-state index contributed by atoms with van der Waals surface area (Å²) in [6.07, 6.45) is -0.716. The molecule has 0 saturated carbocycles. The molecule has 0 bridgehead atoms. The third kappa shape index (κ3) is 1.37. The Hall–Kier alpha value is -0.670. The standard InChI is InChI=1S/C12H16O2S/c1-5-6(2)11(15)7(3)9-8(4)12(13)14-10(5)9/h8,12-13,15H,1-4H3. The lowest BCUT2D eigenvalue weighted by Gasteiger charge is -2.14. The number of benzene rings is 1. The summed E-state index contributed by atoms with van der Waals surface area (Å²) in [5.41, 5.74) is 4.45. The van der Waals surface area contributed by atoms with Crippen LogP contribution in [-0.2, 0) is 0 Å². The minimum Gasteiger partial charge on any atom is -0.464 e. The first-order valence-corrected chi connectivity index (χ1v) is 5.57. The van der Waals surface area contributed by atoms with Crippen molar-refractivity contribution in [3.8, 4) is 5.75 Å². The predicted octanol–water partition coefficient (Wildman–Crippen LogP) is 2.71. The molecule has 82 valence electrons. The zero-order valence-electron chi connectivity index (χ0n) is 9.46. The molecule has 2 atom stereocenters. The SMILES string of the molecule is Cc1c(C)c2c(c(C)c1S)C(C)C(O)O2. The maximum Gasteiger partial charge on any atom is 0.204 e. The van der Waals surface area contributed by atoms with Crippen molar-refractivity contribution in [2.45, 2.75) is 44.8 Å². The average molecular weight is 224 g/mol. The summed E-state index contributed by atoms with van der Waals surface area (Å²) in [5, 5.41) is 9.70. The van der Waals surface area contributed by atoms with Crippen LogP contribution in [0, 0.1) is 20.8 Å². The highest BCUT2D eigenvalue weighted by molar-refractivity contribution is 7.80. The van der Waals surface area contributed by atoms with Gasteiger partial charge in [0.05, 0.1) is 0 Å². The molecule has 0 fully saturated rings. The Labute approximate surface area is 95.7 Å². The molecule has 1 aliphatic heterocycles. The van der Waals surface area contributed by atoms with E-state index in [0.717, 1.165) is 32.9 Å². The summed E-state index contributed by atoms with van der Waals surface area (Å²) in [7, 11) is 0. The highest BCUT2D eigenvalue weighted by Gasteiger charge is 2.33. The monoisotopic (exact) mass is 224 g/mol. The molecule has 0 aromatic heterocycles.